The Morgan fingerprint density at radius 3 is 2.80 bits per heavy atom. The zero-order valence-electron chi connectivity index (χ0n) is 14.6. The van der Waals surface area contributed by atoms with Gasteiger partial charge in [0.1, 0.15) is 0 Å². The van der Waals surface area contributed by atoms with E-state index in [0.717, 1.165) is 41.0 Å². The van der Waals surface area contributed by atoms with Crippen LogP contribution in [0.3, 0.4) is 0 Å². The van der Waals surface area contributed by atoms with Gasteiger partial charge < -0.3 is 14.7 Å². The van der Waals surface area contributed by atoms with Crippen molar-refractivity contribution >= 4 is 27.3 Å². The zero-order chi connectivity index (χ0) is 17.4. The summed E-state index contributed by atoms with van der Waals surface area (Å²) < 4.78 is 6.59. The highest BCUT2D eigenvalue weighted by molar-refractivity contribution is 7.20. The second-order valence-electron chi connectivity index (χ2n) is 7.43. The SMILES string of the molecule is C[C@@H]1CN(C(=O)c2cc3ccccc3s2)CC[C@@]1(O)C1CCOCC1. The van der Waals surface area contributed by atoms with Crippen LogP contribution in [0.4, 0.5) is 0 Å². The summed E-state index contributed by atoms with van der Waals surface area (Å²) in [6.45, 7) is 4.82. The van der Waals surface area contributed by atoms with Gasteiger partial charge in [0.25, 0.3) is 5.91 Å². The number of ether oxygens (including phenoxy) is 1. The summed E-state index contributed by atoms with van der Waals surface area (Å²) in [7, 11) is 0. The summed E-state index contributed by atoms with van der Waals surface area (Å²) >= 11 is 1.56. The lowest BCUT2D eigenvalue weighted by molar-refractivity contribution is -0.125. The number of amides is 1. The highest BCUT2D eigenvalue weighted by Gasteiger charge is 2.46. The molecule has 2 fully saturated rings. The highest BCUT2D eigenvalue weighted by atomic mass is 32.1. The van der Waals surface area contributed by atoms with E-state index in [-0.39, 0.29) is 17.7 Å². The summed E-state index contributed by atoms with van der Waals surface area (Å²) in [6, 6.07) is 10.1. The predicted molar refractivity (Wildman–Crippen MR) is 100 cm³/mol. The predicted octanol–water partition coefficient (Wildman–Crippen LogP) is 3.54. The number of nitrogens with zero attached hydrogens (tertiary/aromatic N) is 1. The number of likely N-dealkylation sites (tertiary alicyclic amines) is 1. The maximum atomic E-state index is 12.9. The van der Waals surface area contributed by atoms with Crippen molar-refractivity contribution in [3.63, 3.8) is 0 Å². The quantitative estimate of drug-likeness (QED) is 0.892. The first-order chi connectivity index (χ1) is 12.1. The van der Waals surface area contributed by atoms with Crippen LogP contribution >= 0.6 is 11.3 Å². The van der Waals surface area contributed by atoms with Crippen LogP contribution in [0.15, 0.2) is 30.3 Å². The molecule has 0 saturated carbocycles. The van der Waals surface area contributed by atoms with E-state index in [1.807, 2.05) is 29.2 Å². The number of rotatable bonds is 2. The van der Waals surface area contributed by atoms with Crippen LogP contribution in [0.2, 0.25) is 0 Å². The largest absolute Gasteiger partial charge is 0.389 e. The first-order valence-corrected chi connectivity index (χ1v) is 9.97. The van der Waals surface area contributed by atoms with Crippen LogP contribution in [0.25, 0.3) is 10.1 Å². The fourth-order valence-electron chi connectivity index (χ4n) is 4.37. The molecule has 134 valence electrons. The smallest absolute Gasteiger partial charge is 0.263 e. The molecule has 2 aliphatic heterocycles. The third-order valence-corrected chi connectivity index (χ3v) is 7.09. The molecular formula is C20H25NO3S. The maximum absolute atomic E-state index is 12.9. The highest BCUT2D eigenvalue weighted by Crippen LogP contribution is 2.40. The number of carbonyl (C=O) groups excluding carboxylic acids is 1. The molecule has 4 rings (SSSR count). The topological polar surface area (TPSA) is 49.8 Å². The Bertz CT molecular complexity index is 734. The lowest BCUT2D eigenvalue weighted by atomic mass is 9.70. The van der Waals surface area contributed by atoms with Crippen molar-refractivity contribution in [1.82, 2.24) is 4.90 Å². The molecule has 4 nitrogen and oxygen atoms in total. The number of fused-ring (bicyclic) bond motifs is 1. The molecule has 0 radical (unpaired) electrons. The van der Waals surface area contributed by atoms with Crippen LogP contribution in [0, 0.1) is 11.8 Å². The molecule has 2 saturated heterocycles. The monoisotopic (exact) mass is 359 g/mol. The molecule has 0 spiro atoms. The zero-order valence-corrected chi connectivity index (χ0v) is 15.4. The number of hydrogen-bond donors (Lipinski definition) is 1. The normalized spacial score (nSPS) is 28.4. The fourth-order valence-corrected chi connectivity index (χ4v) is 5.40. The van der Waals surface area contributed by atoms with Crippen molar-refractivity contribution < 1.29 is 14.6 Å². The van der Waals surface area contributed by atoms with Gasteiger partial charge >= 0.3 is 0 Å². The van der Waals surface area contributed by atoms with Gasteiger partial charge in [0.05, 0.1) is 10.5 Å². The average Bonchev–Trinajstić information content (AvgIpc) is 3.08. The van der Waals surface area contributed by atoms with Gasteiger partial charge in [-0.1, -0.05) is 25.1 Å². The second-order valence-corrected chi connectivity index (χ2v) is 8.51. The van der Waals surface area contributed by atoms with Gasteiger partial charge in [0, 0.05) is 36.9 Å². The lowest BCUT2D eigenvalue weighted by Gasteiger charge is -2.48. The van der Waals surface area contributed by atoms with Gasteiger partial charge in [0.2, 0.25) is 0 Å². The van der Waals surface area contributed by atoms with E-state index < -0.39 is 5.60 Å². The van der Waals surface area contributed by atoms with Gasteiger partial charge in [-0.3, -0.25) is 4.79 Å². The van der Waals surface area contributed by atoms with Crippen molar-refractivity contribution in [2.24, 2.45) is 11.8 Å². The molecule has 1 aromatic heterocycles. The summed E-state index contributed by atoms with van der Waals surface area (Å²) in [6.07, 6.45) is 2.51. The molecule has 5 heteroatoms. The Balaban J connectivity index is 1.49. The average molecular weight is 359 g/mol. The van der Waals surface area contributed by atoms with E-state index in [1.165, 1.54) is 0 Å². The number of aliphatic hydroxyl groups is 1. The van der Waals surface area contributed by atoms with Gasteiger partial charge in [-0.2, -0.15) is 0 Å². The molecule has 0 aliphatic carbocycles. The lowest BCUT2D eigenvalue weighted by Crippen LogP contribution is -2.56. The van der Waals surface area contributed by atoms with Crippen molar-refractivity contribution in [2.75, 3.05) is 26.3 Å². The van der Waals surface area contributed by atoms with E-state index in [9.17, 15) is 9.90 Å². The van der Waals surface area contributed by atoms with Crippen molar-refractivity contribution in [3.05, 3.63) is 35.2 Å². The van der Waals surface area contributed by atoms with E-state index in [0.29, 0.717) is 19.5 Å². The first kappa shape index (κ1) is 17.0. The van der Waals surface area contributed by atoms with Crippen molar-refractivity contribution in [1.29, 1.82) is 0 Å². The molecule has 2 atom stereocenters. The number of thiophene rings is 1. The number of carbonyl (C=O) groups is 1. The van der Waals surface area contributed by atoms with E-state index in [1.54, 1.807) is 11.3 Å². The number of benzene rings is 1. The Morgan fingerprint density at radius 1 is 1.32 bits per heavy atom. The molecule has 3 heterocycles. The Kier molecular flexibility index (Phi) is 4.56. The molecule has 25 heavy (non-hydrogen) atoms. The second kappa shape index (κ2) is 6.71. The third-order valence-electron chi connectivity index (χ3n) is 5.98. The van der Waals surface area contributed by atoms with Gasteiger partial charge in [-0.25, -0.2) is 0 Å². The van der Waals surface area contributed by atoms with Crippen LogP contribution in [-0.4, -0.2) is 47.8 Å². The van der Waals surface area contributed by atoms with Gasteiger partial charge in [0.15, 0.2) is 0 Å². The molecule has 1 amide bonds. The molecule has 1 N–H and O–H groups in total. The Morgan fingerprint density at radius 2 is 2.08 bits per heavy atom. The standard InChI is InChI=1S/C20H25NO3S/c1-14-13-21(9-8-20(14,23)16-6-10-24-11-7-16)19(22)18-12-15-4-2-3-5-17(15)25-18/h2-5,12,14,16,23H,6-11,13H2,1H3/t14-,20+/m1/s1. The van der Waals surface area contributed by atoms with Gasteiger partial charge in [-0.05, 0) is 42.7 Å². The summed E-state index contributed by atoms with van der Waals surface area (Å²) in [4.78, 5) is 15.7. The first-order valence-electron chi connectivity index (χ1n) is 9.16. The van der Waals surface area contributed by atoms with Gasteiger partial charge in [-0.15, -0.1) is 11.3 Å². The van der Waals surface area contributed by atoms with Crippen molar-refractivity contribution in [3.8, 4) is 0 Å². The summed E-state index contributed by atoms with van der Waals surface area (Å²) in [5, 5.41) is 12.4. The molecule has 2 aliphatic rings. The third kappa shape index (κ3) is 3.09. The van der Waals surface area contributed by atoms with Crippen molar-refractivity contribution in [2.45, 2.75) is 31.8 Å². The van der Waals surface area contributed by atoms with E-state index in [4.69, 9.17) is 4.74 Å². The van der Waals surface area contributed by atoms with Crippen LogP contribution in [0.1, 0.15) is 35.9 Å². The minimum Gasteiger partial charge on any atom is -0.389 e. The van der Waals surface area contributed by atoms with Crippen LogP contribution in [0.5, 0.6) is 0 Å². The molecule has 2 aromatic rings. The Hall–Kier alpha value is -1.43. The number of hydrogen-bond acceptors (Lipinski definition) is 4. The van der Waals surface area contributed by atoms with Crippen LogP contribution < -0.4 is 0 Å². The minimum absolute atomic E-state index is 0.0858. The van der Waals surface area contributed by atoms with E-state index in [2.05, 4.69) is 13.0 Å². The molecule has 0 bridgehead atoms. The maximum Gasteiger partial charge on any atom is 0.263 e. The minimum atomic E-state index is -0.666. The molecular weight excluding hydrogens is 334 g/mol. The van der Waals surface area contributed by atoms with E-state index >= 15 is 0 Å². The summed E-state index contributed by atoms with van der Waals surface area (Å²) in [5.41, 5.74) is -0.666. The molecule has 0 unspecified atom stereocenters. The fraction of sp³-hybridized carbons (Fsp3) is 0.550. The Labute approximate surface area is 152 Å². The number of piperidine rings is 1. The summed E-state index contributed by atoms with van der Waals surface area (Å²) in [5.74, 6) is 0.475. The molecule has 1 aromatic carbocycles. The van der Waals surface area contributed by atoms with Crippen LogP contribution in [-0.2, 0) is 4.74 Å².